The van der Waals surface area contributed by atoms with Crippen LogP contribution in [-0.4, -0.2) is 80.1 Å². The van der Waals surface area contributed by atoms with Crippen molar-refractivity contribution in [2.45, 2.75) is 82.7 Å². The SMILES string of the molecule is COc1cc2cc(c1Cl)N(C)C(=O)C[C@H](OC(C)=O)[C@@]1(C)O[C@H]1[C@H](C)[C@@H]1C[C@@](O)(NC(=O)O1)[C@H](OC)C=CC=C(C)C2. The highest BCUT2D eigenvalue weighted by Gasteiger charge is 2.64. The lowest BCUT2D eigenvalue weighted by Crippen LogP contribution is -2.63. The number of rotatable bonds is 3. The van der Waals surface area contributed by atoms with Crippen LogP contribution in [0.2, 0.25) is 5.02 Å². The van der Waals surface area contributed by atoms with Crippen LogP contribution in [0.15, 0.2) is 35.9 Å². The number of nitrogens with zero attached hydrogens (tertiary/aromatic N) is 1. The van der Waals surface area contributed by atoms with Crippen molar-refractivity contribution in [1.82, 2.24) is 5.32 Å². The van der Waals surface area contributed by atoms with Gasteiger partial charge in [0.05, 0.1) is 25.3 Å². The van der Waals surface area contributed by atoms with Crippen molar-refractivity contribution in [3.63, 3.8) is 0 Å². The van der Waals surface area contributed by atoms with Crippen molar-refractivity contribution < 1.29 is 43.2 Å². The smallest absolute Gasteiger partial charge is 0.409 e. The number of carbonyl (C=O) groups excluding carboxylic acids is 3. The molecule has 0 aliphatic carbocycles. The van der Waals surface area contributed by atoms with E-state index in [0.717, 1.165) is 11.1 Å². The predicted octanol–water partition coefficient (Wildman–Crippen LogP) is 3.69. The first-order chi connectivity index (χ1) is 19.7. The summed E-state index contributed by atoms with van der Waals surface area (Å²) in [5, 5.41) is 14.3. The molecule has 2 fully saturated rings. The molecule has 0 saturated carbocycles. The topological polar surface area (TPSA) is 136 Å². The Labute approximate surface area is 250 Å². The zero-order valence-electron chi connectivity index (χ0n) is 24.9. The maximum Gasteiger partial charge on any atom is 0.409 e. The van der Waals surface area contributed by atoms with Gasteiger partial charge in [0.25, 0.3) is 0 Å². The van der Waals surface area contributed by atoms with Gasteiger partial charge in [0.2, 0.25) is 5.91 Å². The molecule has 7 atom stereocenters. The fourth-order valence-electron chi connectivity index (χ4n) is 5.81. The lowest BCUT2D eigenvalue weighted by molar-refractivity contribution is -0.151. The third kappa shape index (κ3) is 6.44. The zero-order valence-corrected chi connectivity index (χ0v) is 25.7. The van der Waals surface area contributed by atoms with Gasteiger partial charge in [-0.1, -0.05) is 42.3 Å². The Morgan fingerprint density at radius 3 is 2.62 bits per heavy atom. The van der Waals surface area contributed by atoms with Crippen LogP contribution in [0.25, 0.3) is 0 Å². The molecule has 42 heavy (non-hydrogen) atoms. The van der Waals surface area contributed by atoms with Gasteiger partial charge in [-0.3, -0.25) is 14.9 Å². The number of benzene rings is 1. The van der Waals surface area contributed by atoms with Crippen LogP contribution >= 0.6 is 11.6 Å². The normalized spacial score (nSPS) is 33.6. The summed E-state index contributed by atoms with van der Waals surface area (Å²) in [4.78, 5) is 39.7. The average molecular weight is 607 g/mol. The number of hydrogen-bond donors (Lipinski definition) is 2. The molecule has 0 radical (unpaired) electrons. The summed E-state index contributed by atoms with van der Waals surface area (Å²) in [7, 11) is 4.54. The molecule has 2 amide bonds. The molecule has 230 valence electrons. The van der Waals surface area contributed by atoms with E-state index >= 15 is 0 Å². The number of nitrogens with one attached hydrogen (secondary N) is 1. The van der Waals surface area contributed by atoms with Crippen LogP contribution < -0.4 is 15.0 Å². The Morgan fingerprint density at radius 1 is 1.26 bits per heavy atom. The molecular weight excluding hydrogens is 568 g/mol. The van der Waals surface area contributed by atoms with Gasteiger partial charge in [0.1, 0.15) is 34.7 Å². The van der Waals surface area contributed by atoms with Crippen LogP contribution in [0.1, 0.15) is 46.1 Å². The fraction of sp³-hybridized carbons (Fsp3) is 0.567. The largest absolute Gasteiger partial charge is 0.495 e. The second-order valence-corrected chi connectivity index (χ2v) is 11.8. The van der Waals surface area contributed by atoms with Crippen molar-refractivity contribution in [2.75, 3.05) is 26.2 Å². The number of allylic oxidation sites excluding steroid dienone is 3. The van der Waals surface area contributed by atoms with Gasteiger partial charge in [-0.2, -0.15) is 0 Å². The van der Waals surface area contributed by atoms with E-state index in [4.69, 9.17) is 35.3 Å². The molecule has 3 aliphatic rings. The first kappa shape index (κ1) is 31.8. The van der Waals surface area contributed by atoms with Crippen molar-refractivity contribution in [2.24, 2.45) is 5.92 Å². The molecule has 11 nitrogen and oxygen atoms in total. The third-order valence-corrected chi connectivity index (χ3v) is 8.64. The number of alkyl carbamates (subject to hydrolysis) is 1. The molecule has 12 heteroatoms. The fourth-order valence-corrected chi connectivity index (χ4v) is 6.12. The van der Waals surface area contributed by atoms with Crippen molar-refractivity contribution >= 4 is 35.3 Å². The summed E-state index contributed by atoms with van der Waals surface area (Å²) in [6.07, 6.45) is 1.67. The summed E-state index contributed by atoms with van der Waals surface area (Å²) in [5.41, 5.74) is -0.570. The minimum atomic E-state index is -1.76. The van der Waals surface area contributed by atoms with E-state index in [2.05, 4.69) is 5.32 Å². The minimum absolute atomic E-state index is 0.00538. The summed E-state index contributed by atoms with van der Waals surface area (Å²) < 4.78 is 28.4. The monoisotopic (exact) mass is 606 g/mol. The van der Waals surface area contributed by atoms with Gasteiger partial charge < -0.3 is 33.7 Å². The number of aliphatic hydroxyl groups is 1. The molecule has 1 aromatic carbocycles. The molecule has 0 spiro atoms. The predicted molar refractivity (Wildman–Crippen MR) is 154 cm³/mol. The van der Waals surface area contributed by atoms with Crippen molar-refractivity contribution in [1.29, 1.82) is 0 Å². The number of fused-ring (bicyclic) bond motifs is 5. The van der Waals surface area contributed by atoms with Gasteiger partial charge in [-0.05, 0) is 38.0 Å². The molecule has 0 aromatic heterocycles. The Bertz CT molecular complexity index is 1300. The van der Waals surface area contributed by atoms with Crippen molar-refractivity contribution in [3.8, 4) is 5.75 Å². The van der Waals surface area contributed by atoms with Crippen LogP contribution in [-0.2, 0) is 35.0 Å². The molecule has 2 saturated heterocycles. The Morgan fingerprint density at radius 2 is 1.98 bits per heavy atom. The summed E-state index contributed by atoms with van der Waals surface area (Å²) in [6.45, 7) is 6.77. The number of ether oxygens (including phenoxy) is 5. The second kappa shape index (κ2) is 12.2. The number of methoxy groups -OCH3 is 2. The van der Waals surface area contributed by atoms with Gasteiger partial charge in [-0.15, -0.1) is 0 Å². The quantitative estimate of drug-likeness (QED) is 0.390. The van der Waals surface area contributed by atoms with E-state index in [0.29, 0.717) is 17.9 Å². The number of anilines is 1. The molecule has 3 heterocycles. The first-order valence-corrected chi connectivity index (χ1v) is 14.2. The highest BCUT2D eigenvalue weighted by atomic mass is 35.5. The van der Waals surface area contributed by atoms with E-state index in [1.54, 1.807) is 32.2 Å². The molecule has 4 rings (SSSR count). The molecule has 4 bridgehead atoms. The van der Waals surface area contributed by atoms with Crippen LogP contribution in [0, 0.1) is 5.92 Å². The highest BCUT2D eigenvalue weighted by Crippen LogP contribution is 2.49. The van der Waals surface area contributed by atoms with Crippen molar-refractivity contribution in [3.05, 3.63) is 46.5 Å². The summed E-state index contributed by atoms with van der Waals surface area (Å²) in [5.74, 6) is -0.951. The highest BCUT2D eigenvalue weighted by molar-refractivity contribution is 6.35. The summed E-state index contributed by atoms with van der Waals surface area (Å²) in [6, 6.07) is 3.62. The van der Waals surface area contributed by atoms with E-state index in [9.17, 15) is 19.5 Å². The Balaban J connectivity index is 1.79. The number of carbonyl (C=O) groups is 3. The van der Waals surface area contributed by atoms with Gasteiger partial charge in [0.15, 0.2) is 5.72 Å². The second-order valence-electron chi connectivity index (χ2n) is 11.4. The van der Waals surface area contributed by atoms with Gasteiger partial charge in [0, 0.05) is 33.4 Å². The van der Waals surface area contributed by atoms with E-state index in [-0.39, 0.29) is 23.8 Å². The Kier molecular flexibility index (Phi) is 9.27. The lowest BCUT2D eigenvalue weighted by Gasteiger charge is -2.42. The third-order valence-electron chi connectivity index (χ3n) is 8.26. The molecule has 2 N–H and O–H groups in total. The van der Waals surface area contributed by atoms with Crippen LogP contribution in [0.3, 0.4) is 0 Å². The van der Waals surface area contributed by atoms with E-state index in [1.165, 1.54) is 26.0 Å². The number of epoxide rings is 1. The maximum absolute atomic E-state index is 13.6. The van der Waals surface area contributed by atoms with Crippen LogP contribution in [0.4, 0.5) is 10.5 Å². The first-order valence-electron chi connectivity index (χ1n) is 13.8. The van der Waals surface area contributed by atoms with E-state index < -0.39 is 53.7 Å². The minimum Gasteiger partial charge on any atom is -0.495 e. The zero-order chi connectivity index (χ0) is 31.0. The van der Waals surface area contributed by atoms with Gasteiger partial charge in [-0.25, -0.2) is 4.79 Å². The number of hydrogen-bond acceptors (Lipinski definition) is 9. The number of halogens is 1. The molecular formula is C30H39ClN2O9. The standard InChI is InChI=1S/C30H39ClN2O9/c1-16-9-8-10-23(39-7)30(37)15-22(41-28(36)32-30)17(2)27-29(4,42-27)24(40-18(3)34)14-25(35)33(5)20-12-19(11-16)13-21(38-6)26(20)31/h8-10,12-13,17,22-24,27,37H,11,14-15H2,1-7H3,(H,32,36)/t17-,22+,23-,24+,27+,29-,30+/m1/s1. The maximum atomic E-state index is 13.6. The van der Waals surface area contributed by atoms with Crippen LogP contribution in [0.5, 0.6) is 5.75 Å². The van der Waals surface area contributed by atoms with Gasteiger partial charge >= 0.3 is 12.1 Å². The number of amides is 2. The molecule has 1 aromatic rings. The Hall–Kier alpha value is -3.12. The molecule has 0 unspecified atom stereocenters. The van der Waals surface area contributed by atoms with E-state index in [1.807, 2.05) is 26.0 Å². The average Bonchev–Trinajstić information content (AvgIpc) is 3.61. The molecule has 3 aliphatic heterocycles. The lowest BCUT2D eigenvalue weighted by atomic mass is 9.83. The summed E-state index contributed by atoms with van der Waals surface area (Å²) >= 11 is 6.64. The number of esters is 1.